The number of likely N-dealkylation sites (tertiary alicyclic amines) is 1. The van der Waals surface area contributed by atoms with Gasteiger partial charge in [-0.05, 0) is 39.5 Å². The van der Waals surface area contributed by atoms with Gasteiger partial charge in [-0.3, -0.25) is 5.41 Å². The largest absolute Gasteiger partial charge is 0.355 e. The van der Waals surface area contributed by atoms with Crippen molar-refractivity contribution in [3.05, 3.63) is 0 Å². The van der Waals surface area contributed by atoms with E-state index >= 15 is 0 Å². The van der Waals surface area contributed by atoms with E-state index in [1.165, 1.54) is 44.9 Å². The summed E-state index contributed by atoms with van der Waals surface area (Å²) in [5.41, 5.74) is 0.245. The second-order valence-electron chi connectivity index (χ2n) is 5.79. The summed E-state index contributed by atoms with van der Waals surface area (Å²) in [6.07, 6.45) is 9.08. The Hall–Kier alpha value is -0.530. The van der Waals surface area contributed by atoms with Crippen LogP contribution in [0.2, 0.25) is 0 Å². The van der Waals surface area contributed by atoms with Crippen LogP contribution in [0.5, 0.6) is 0 Å². The summed E-state index contributed by atoms with van der Waals surface area (Å²) in [4.78, 5) is 2.36. The summed E-state index contributed by atoms with van der Waals surface area (Å²) in [6.45, 7) is 5.69. The molecular weight excluding hydrogens is 184 g/mol. The Morgan fingerprint density at radius 3 is 2.33 bits per heavy atom. The quantitative estimate of drug-likeness (QED) is 0.519. The molecule has 1 N–H and O–H groups in total. The van der Waals surface area contributed by atoms with Gasteiger partial charge in [0.2, 0.25) is 0 Å². The Morgan fingerprint density at radius 1 is 1.13 bits per heavy atom. The van der Waals surface area contributed by atoms with E-state index in [2.05, 4.69) is 18.7 Å². The lowest BCUT2D eigenvalue weighted by molar-refractivity contribution is 0.256. The van der Waals surface area contributed by atoms with Crippen molar-refractivity contribution in [2.75, 3.05) is 6.54 Å². The highest BCUT2D eigenvalue weighted by Gasteiger charge is 2.36. The Morgan fingerprint density at radius 2 is 1.80 bits per heavy atom. The molecule has 2 aliphatic rings. The first-order chi connectivity index (χ1) is 7.11. The SMILES string of the molecule is CC1(C)CCCN1C(=N)C1CCCCC1. The zero-order valence-electron chi connectivity index (χ0n) is 10.2. The molecule has 0 radical (unpaired) electrons. The Labute approximate surface area is 93.6 Å². The lowest BCUT2D eigenvalue weighted by Crippen LogP contribution is -2.45. The van der Waals surface area contributed by atoms with Gasteiger partial charge in [0.1, 0.15) is 0 Å². The Kier molecular flexibility index (Phi) is 3.03. The van der Waals surface area contributed by atoms with Crippen LogP contribution in [-0.4, -0.2) is 22.8 Å². The van der Waals surface area contributed by atoms with Crippen LogP contribution in [-0.2, 0) is 0 Å². The van der Waals surface area contributed by atoms with Crippen molar-refractivity contribution >= 4 is 5.84 Å². The molecule has 1 aliphatic heterocycles. The zero-order chi connectivity index (χ0) is 10.9. The monoisotopic (exact) mass is 208 g/mol. The van der Waals surface area contributed by atoms with E-state index < -0.39 is 0 Å². The van der Waals surface area contributed by atoms with Gasteiger partial charge >= 0.3 is 0 Å². The second kappa shape index (κ2) is 4.15. The average Bonchev–Trinajstić information content (AvgIpc) is 2.58. The summed E-state index contributed by atoms with van der Waals surface area (Å²) < 4.78 is 0. The van der Waals surface area contributed by atoms with Gasteiger partial charge in [0.25, 0.3) is 0 Å². The van der Waals surface area contributed by atoms with Crippen molar-refractivity contribution in [1.82, 2.24) is 4.90 Å². The molecule has 1 aliphatic carbocycles. The highest BCUT2D eigenvalue weighted by atomic mass is 15.2. The van der Waals surface area contributed by atoms with E-state index in [1.54, 1.807) is 0 Å². The van der Waals surface area contributed by atoms with Gasteiger partial charge in [0.05, 0.1) is 5.84 Å². The lowest BCUT2D eigenvalue weighted by Gasteiger charge is -2.38. The summed E-state index contributed by atoms with van der Waals surface area (Å²) in [5.74, 6) is 1.51. The third-order valence-electron chi connectivity index (χ3n) is 4.18. The molecule has 1 heterocycles. The highest BCUT2D eigenvalue weighted by molar-refractivity contribution is 5.82. The number of amidine groups is 1. The number of nitrogens with zero attached hydrogens (tertiary/aromatic N) is 1. The molecule has 0 aromatic rings. The van der Waals surface area contributed by atoms with E-state index in [9.17, 15) is 0 Å². The van der Waals surface area contributed by atoms with Crippen LogP contribution >= 0.6 is 0 Å². The van der Waals surface area contributed by atoms with Crippen molar-refractivity contribution in [2.24, 2.45) is 5.92 Å². The standard InChI is InChI=1S/C13H24N2/c1-13(2)9-6-10-15(13)12(14)11-7-4-3-5-8-11/h11,14H,3-10H2,1-2H3. The minimum Gasteiger partial charge on any atom is -0.355 e. The molecule has 0 atom stereocenters. The molecule has 1 saturated carbocycles. The molecule has 86 valence electrons. The first kappa shape index (κ1) is 11.0. The molecule has 0 bridgehead atoms. The third-order valence-corrected chi connectivity index (χ3v) is 4.18. The van der Waals surface area contributed by atoms with Crippen molar-refractivity contribution in [3.8, 4) is 0 Å². The molecule has 0 aromatic carbocycles. The summed E-state index contributed by atoms with van der Waals surface area (Å²) in [5, 5.41) is 8.36. The first-order valence-electron chi connectivity index (χ1n) is 6.47. The molecule has 0 amide bonds. The Bertz CT molecular complexity index is 239. The summed E-state index contributed by atoms with van der Waals surface area (Å²) >= 11 is 0. The van der Waals surface area contributed by atoms with Gasteiger partial charge in [-0.1, -0.05) is 19.3 Å². The van der Waals surface area contributed by atoms with Crippen LogP contribution in [0.15, 0.2) is 0 Å². The lowest BCUT2D eigenvalue weighted by atomic mass is 9.87. The van der Waals surface area contributed by atoms with Crippen molar-refractivity contribution in [3.63, 3.8) is 0 Å². The zero-order valence-corrected chi connectivity index (χ0v) is 10.2. The van der Waals surface area contributed by atoms with E-state index in [0.717, 1.165) is 12.4 Å². The van der Waals surface area contributed by atoms with Crippen LogP contribution in [0.1, 0.15) is 58.8 Å². The molecule has 15 heavy (non-hydrogen) atoms. The van der Waals surface area contributed by atoms with Gasteiger partial charge in [0.15, 0.2) is 0 Å². The van der Waals surface area contributed by atoms with Gasteiger partial charge in [-0.15, -0.1) is 0 Å². The molecule has 2 nitrogen and oxygen atoms in total. The van der Waals surface area contributed by atoms with Gasteiger partial charge in [-0.25, -0.2) is 0 Å². The topological polar surface area (TPSA) is 27.1 Å². The van der Waals surface area contributed by atoms with Crippen molar-refractivity contribution < 1.29 is 0 Å². The van der Waals surface area contributed by atoms with Crippen LogP contribution in [0.3, 0.4) is 0 Å². The van der Waals surface area contributed by atoms with E-state index in [-0.39, 0.29) is 5.54 Å². The van der Waals surface area contributed by atoms with Gasteiger partial charge in [-0.2, -0.15) is 0 Å². The first-order valence-corrected chi connectivity index (χ1v) is 6.47. The number of hydrogen-bond donors (Lipinski definition) is 1. The number of nitrogens with one attached hydrogen (secondary N) is 1. The fourth-order valence-electron chi connectivity index (χ4n) is 3.15. The highest BCUT2D eigenvalue weighted by Crippen LogP contribution is 2.33. The molecule has 2 fully saturated rings. The predicted molar refractivity (Wildman–Crippen MR) is 64.3 cm³/mol. The maximum atomic E-state index is 8.36. The fourth-order valence-corrected chi connectivity index (χ4v) is 3.15. The van der Waals surface area contributed by atoms with Crippen LogP contribution in [0.4, 0.5) is 0 Å². The van der Waals surface area contributed by atoms with Gasteiger partial charge < -0.3 is 4.90 Å². The fraction of sp³-hybridized carbons (Fsp3) is 0.923. The van der Waals surface area contributed by atoms with Crippen molar-refractivity contribution in [2.45, 2.75) is 64.3 Å². The maximum Gasteiger partial charge on any atom is 0.0993 e. The molecule has 1 saturated heterocycles. The minimum atomic E-state index is 0.245. The van der Waals surface area contributed by atoms with Crippen LogP contribution in [0, 0.1) is 11.3 Å². The summed E-state index contributed by atoms with van der Waals surface area (Å²) in [7, 11) is 0. The summed E-state index contributed by atoms with van der Waals surface area (Å²) in [6, 6.07) is 0. The molecule has 2 heteroatoms. The van der Waals surface area contributed by atoms with Crippen LogP contribution < -0.4 is 0 Å². The normalized spacial score (nSPS) is 26.9. The molecular formula is C13H24N2. The van der Waals surface area contributed by atoms with E-state index in [4.69, 9.17) is 5.41 Å². The van der Waals surface area contributed by atoms with Crippen LogP contribution in [0.25, 0.3) is 0 Å². The van der Waals surface area contributed by atoms with E-state index in [0.29, 0.717) is 5.92 Å². The van der Waals surface area contributed by atoms with E-state index in [1.807, 2.05) is 0 Å². The minimum absolute atomic E-state index is 0.245. The maximum absolute atomic E-state index is 8.36. The number of rotatable bonds is 1. The van der Waals surface area contributed by atoms with Crippen molar-refractivity contribution in [1.29, 1.82) is 5.41 Å². The number of hydrogen-bond acceptors (Lipinski definition) is 1. The third kappa shape index (κ3) is 2.19. The van der Waals surface area contributed by atoms with Gasteiger partial charge in [0, 0.05) is 18.0 Å². The smallest absolute Gasteiger partial charge is 0.0993 e. The molecule has 0 spiro atoms. The molecule has 0 aromatic heterocycles. The second-order valence-corrected chi connectivity index (χ2v) is 5.79. The average molecular weight is 208 g/mol. The molecule has 2 rings (SSSR count). The predicted octanol–water partition coefficient (Wildman–Crippen LogP) is 3.42. The molecule has 0 unspecified atom stereocenters. The Balaban J connectivity index is 2.00.